The predicted molar refractivity (Wildman–Crippen MR) is 65.5 cm³/mol. The van der Waals surface area contributed by atoms with Crippen LogP contribution in [0.3, 0.4) is 0 Å². The molecule has 0 saturated heterocycles. The molecular formula is C13H20N2O. The summed E-state index contributed by atoms with van der Waals surface area (Å²) < 4.78 is 0. The molecule has 1 rings (SSSR count). The Balaban J connectivity index is 2.81. The van der Waals surface area contributed by atoms with E-state index in [1.54, 1.807) is 0 Å². The number of pyridine rings is 1. The lowest BCUT2D eigenvalue weighted by molar-refractivity contribution is 0.0929. The molecular weight excluding hydrogens is 200 g/mol. The molecule has 1 heterocycles. The molecule has 0 fully saturated rings. The molecule has 3 nitrogen and oxygen atoms in total. The van der Waals surface area contributed by atoms with Crippen LogP contribution in [0.15, 0.2) is 12.1 Å². The van der Waals surface area contributed by atoms with Crippen LogP contribution in [0.25, 0.3) is 0 Å². The van der Waals surface area contributed by atoms with Crippen molar-refractivity contribution in [1.29, 1.82) is 0 Å². The lowest BCUT2D eigenvalue weighted by Gasteiger charge is -2.18. The molecule has 1 atom stereocenters. The summed E-state index contributed by atoms with van der Waals surface area (Å²) in [6.07, 6.45) is 0. The topological polar surface area (TPSA) is 42.0 Å². The maximum absolute atomic E-state index is 11.9. The van der Waals surface area contributed by atoms with Crippen LogP contribution in [0.2, 0.25) is 0 Å². The van der Waals surface area contributed by atoms with Crippen LogP contribution >= 0.6 is 0 Å². The zero-order valence-corrected chi connectivity index (χ0v) is 10.7. The van der Waals surface area contributed by atoms with Crippen molar-refractivity contribution in [3.63, 3.8) is 0 Å². The maximum atomic E-state index is 11.9. The molecule has 1 aromatic heterocycles. The molecule has 0 aliphatic rings. The number of nitrogens with one attached hydrogen (secondary N) is 1. The summed E-state index contributed by atoms with van der Waals surface area (Å²) >= 11 is 0. The van der Waals surface area contributed by atoms with E-state index in [1.165, 1.54) is 0 Å². The quantitative estimate of drug-likeness (QED) is 0.850. The molecule has 1 N–H and O–H groups in total. The van der Waals surface area contributed by atoms with Gasteiger partial charge in [0.2, 0.25) is 0 Å². The largest absolute Gasteiger partial charge is 0.349 e. The standard InChI is InChI=1S/C13H20N2O/c1-8(2)10(4)15-13(16)12-7-6-9(3)14-11(12)5/h6-8,10H,1-5H3,(H,15,16). The van der Waals surface area contributed by atoms with Crippen LogP contribution < -0.4 is 5.32 Å². The van der Waals surface area contributed by atoms with Gasteiger partial charge in [0.25, 0.3) is 5.91 Å². The van der Waals surface area contributed by atoms with E-state index in [4.69, 9.17) is 0 Å². The van der Waals surface area contributed by atoms with E-state index in [2.05, 4.69) is 24.1 Å². The third-order valence-electron chi connectivity index (χ3n) is 2.83. The highest BCUT2D eigenvalue weighted by Gasteiger charge is 2.14. The second-order valence-corrected chi connectivity index (χ2v) is 4.59. The van der Waals surface area contributed by atoms with Gasteiger partial charge in [-0.2, -0.15) is 0 Å². The molecule has 88 valence electrons. The van der Waals surface area contributed by atoms with Gasteiger partial charge in [-0.15, -0.1) is 0 Å². The first-order chi connectivity index (χ1) is 7.41. The second kappa shape index (κ2) is 5.10. The van der Waals surface area contributed by atoms with Crippen molar-refractivity contribution in [3.8, 4) is 0 Å². The molecule has 0 saturated carbocycles. The molecule has 0 radical (unpaired) electrons. The first-order valence-electron chi connectivity index (χ1n) is 5.67. The highest BCUT2D eigenvalue weighted by Crippen LogP contribution is 2.08. The van der Waals surface area contributed by atoms with Crippen molar-refractivity contribution < 1.29 is 4.79 Å². The molecule has 0 spiro atoms. The second-order valence-electron chi connectivity index (χ2n) is 4.59. The Morgan fingerprint density at radius 3 is 2.38 bits per heavy atom. The summed E-state index contributed by atoms with van der Waals surface area (Å²) in [5.41, 5.74) is 2.39. The van der Waals surface area contributed by atoms with E-state index < -0.39 is 0 Å². The summed E-state index contributed by atoms with van der Waals surface area (Å²) in [5, 5.41) is 2.98. The lowest BCUT2D eigenvalue weighted by atomic mass is 10.1. The normalized spacial score (nSPS) is 12.6. The van der Waals surface area contributed by atoms with Gasteiger partial charge in [-0.05, 0) is 38.8 Å². The van der Waals surface area contributed by atoms with Crippen LogP contribution in [0.1, 0.15) is 42.5 Å². The summed E-state index contributed by atoms with van der Waals surface area (Å²) in [6.45, 7) is 9.98. The molecule has 0 aliphatic heterocycles. The average molecular weight is 220 g/mol. The Bertz CT molecular complexity index is 386. The van der Waals surface area contributed by atoms with Crippen LogP contribution in [0, 0.1) is 19.8 Å². The van der Waals surface area contributed by atoms with Crippen molar-refractivity contribution in [3.05, 3.63) is 29.1 Å². The fourth-order valence-electron chi connectivity index (χ4n) is 1.38. The Hall–Kier alpha value is -1.38. The minimum atomic E-state index is -0.0359. The highest BCUT2D eigenvalue weighted by atomic mass is 16.1. The number of rotatable bonds is 3. The van der Waals surface area contributed by atoms with Crippen LogP contribution in [0.5, 0.6) is 0 Å². The number of aryl methyl sites for hydroxylation is 2. The van der Waals surface area contributed by atoms with Crippen molar-refractivity contribution in [2.24, 2.45) is 5.92 Å². The third kappa shape index (κ3) is 3.05. The van der Waals surface area contributed by atoms with Gasteiger partial charge in [-0.1, -0.05) is 13.8 Å². The summed E-state index contributed by atoms with van der Waals surface area (Å²) in [5.74, 6) is 0.397. The molecule has 0 aliphatic carbocycles. The minimum Gasteiger partial charge on any atom is -0.349 e. The first-order valence-corrected chi connectivity index (χ1v) is 5.67. The Morgan fingerprint density at radius 1 is 1.25 bits per heavy atom. The molecule has 16 heavy (non-hydrogen) atoms. The summed E-state index contributed by atoms with van der Waals surface area (Å²) in [7, 11) is 0. The smallest absolute Gasteiger partial charge is 0.253 e. The van der Waals surface area contributed by atoms with Crippen LogP contribution in [-0.4, -0.2) is 16.9 Å². The van der Waals surface area contributed by atoms with Gasteiger partial charge in [0.05, 0.1) is 11.3 Å². The summed E-state index contributed by atoms with van der Waals surface area (Å²) in [4.78, 5) is 16.2. The van der Waals surface area contributed by atoms with Crippen molar-refractivity contribution >= 4 is 5.91 Å². The monoisotopic (exact) mass is 220 g/mol. The van der Waals surface area contributed by atoms with Crippen LogP contribution in [0.4, 0.5) is 0 Å². The van der Waals surface area contributed by atoms with Crippen molar-refractivity contribution in [2.75, 3.05) is 0 Å². The summed E-state index contributed by atoms with van der Waals surface area (Å²) in [6, 6.07) is 3.87. The van der Waals surface area contributed by atoms with Crippen molar-refractivity contribution in [1.82, 2.24) is 10.3 Å². The molecule has 1 aromatic rings. The van der Waals surface area contributed by atoms with Gasteiger partial charge in [-0.25, -0.2) is 0 Å². The van der Waals surface area contributed by atoms with Crippen LogP contribution in [-0.2, 0) is 0 Å². The number of nitrogens with zero attached hydrogens (tertiary/aromatic N) is 1. The number of carbonyl (C=O) groups excluding carboxylic acids is 1. The molecule has 1 unspecified atom stereocenters. The zero-order chi connectivity index (χ0) is 12.3. The van der Waals surface area contributed by atoms with Gasteiger partial charge in [0, 0.05) is 11.7 Å². The Labute approximate surface area is 97.3 Å². The van der Waals surface area contributed by atoms with Gasteiger partial charge in [0.1, 0.15) is 0 Å². The van der Waals surface area contributed by atoms with E-state index >= 15 is 0 Å². The van der Waals surface area contributed by atoms with Gasteiger partial charge in [0.15, 0.2) is 0 Å². The number of amides is 1. The number of hydrogen-bond donors (Lipinski definition) is 1. The predicted octanol–water partition coefficient (Wildman–Crippen LogP) is 2.47. The Morgan fingerprint density at radius 2 is 1.88 bits per heavy atom. The number of hydrogen-bond acceptors (Lipinski definition) is 2. The average Bonchev–Trinajstić information content (AvgIpc) is 2.16. The zero-order valence-electron chi connectivity index (χ0n) is 10.7. The van der Waals surface area contributed by atoms with E-state index in [0.717, 1.165) is 11.4 Å². The van der Waals surface area contributed by atoms with Gasteiger partial charge in [-0.3, -0.25) is 9.78 Å². The van der Waals surface area contributed by atoms with Gasteiger partial charge >= 0.3 is 0 Å². The lowest BCUT2D eigenvalue weighted by Crippen LogP contribution is -2.36. The van der Waals surface area contributed by atoms with E-state index in [0.29, 0.717) is 11.5 Å². The fourth-order valence-corrected chi connectivity index (χ4v) is 1.38. The number of aromatic nitrogens is 1. The first kappa shape index (κ1) is 12.7. The molecule has 0 aromatic carbocycles. The van der Waals surface area contributed by atoms with E-state index in [-0.39, 0.29) is 11.9 Å². The van der Waals surface area contributed by atoms with Gasteiger partial charge < -0.3 is 5.32 Å². The SMILES string of the molecule is Cc1ccc(C(=O)NC(C)C(C)C)c(C)n1. The minimum absolute atomic E-state index is 0.0359. The third-order valence-corrected chi connectivity index (χ3v) is 2.83. The molecule has 3 heteroatoms. The van der Waals surface area contributed by atoms with E-state index in [1.807, 2.05) is 32.9 Å². The van der Waals surface area contributed by atoms with Crippen molar-refractivity contribution in [2.45, 2.75) is 40.7 Å². The van der Waals surface area contributed by atoms with E-state index in [9.17, 15) is 4.79 Å². The maximum Gasteiger partial charge on any atom is 0.253 e. The molecule has 0 bridgehead atoms. The molecule has 1 amide bonds. The fraction of sp³-hybridized carbons (Fsp3) is 0.538. The Kier molecular flexibility index (Phi) is 4.05. The highest BCUT2D eigenvalue weighted by molar-refractivity contribution is 5.95. The number of carbonyl (C=O) groups is 1.